The van der Waals surface area contributed by atoms with E-state index in [2.05, 4.69) is 5.32 Å². The van der Waals surface area contributed by atoms with E-state index in [4.69, 9.17) is 10.2 Å². The Morgan fingerprint density at radius 2 is 2.18 bits per heavy atom. The lowest BCUT2D eigenvalue weighted by molar-refractivity contribution is 0.0695. The Kier molecular flexibility index (Phi) is 4.23. The number of methoxy groups -OCH3 is 1. The van der Waals surface area contributed by atoms with Gasteiger partial charge in [0.05, 0.1) is 20.8 Å². The highest BCUT2D eigenvalue weighted by molar-refractivity contribution is 5.97. The third kappa shape index (κ3) is 3.31. The van der Waals surface area contributed by atoms with Crippen molar-refractivity contribution in [2.75, 3.05) is 31.5 Å². The molecule has 1 aromatic heterocycles. The van der Waals surface area contributed by atoms with Gasteiger partial charge in [0.25, 0.3) is 0 Å². The highest BCUT2D eigenvalue weighted by atomic mass is 35.5. The number of hydrogen-bond donors (Lipinski definition) is 2. The molecular formula is C19H23ClFN3O4. The Labute approximate surface area is 173 Å². The fourth-order valence-electron chi connectivity index (χ4n) is 3.41. The molecule has 0 spiro atoms. The van der Waals surface area contributed by atoms with Gasteiger partial charge in [-0.15, -0.1) is 12.4 Å². The van der Waals surface area contributed by atoms with Gasteiger partial charge in [-0.1, -0.05) is 0 Å². The number of nitrogens with one attached hydrogen (secondary N) is 1. The van der Waals surface area contributed by atoms with Gasteiger partial charge in [0.2, 0.25) is 5.43 Å². The molecule has 7 nitrogen and oxygen atoms in total. The molecule has 1 aromatic carbocycles. The van der Waals surface area contributed by atoms with Gasteiger partial charge in [-0.25, -0.2) is 9.18 Å². The maximum Gasteiger partial charge on any atom is 0.341 e. The van der Waals surface area contributed by atoms with Crippen molar-refractivity contribution in [3.8, 4) is 5.75 Å². The Morgan fingerprint density at radius 3 is 2.79 bits per heavy atom. The highest BCUT2D eigenvalue weighted by Gasteiger charge is 2.32. The standard InChI is InChI=1S/C19H22FN3O4.ClH/c1-10-8-22(6-5-21-10)16-14(20)7-12-15(18(16)27-2)23(11-3-4-11)9-13(17(12)24)19(25)26;/h7,9-11,21H,3-6,8H2,1-2H3,(H,25,26);1H/i5D2,8D2;. The molecule has 2 N–H and O–H groups in total. The number of aromatic carboxylic acids is 1. The summed E-state index contributed by atoms with van der Waals surface area (Å²) >= 11 is 0. The second kappa shape index (κ2) is 7.60. The number of nitrogens with zero attached hydrogens (tertiary/aromatic N) is 2. The summed E-state index contributed by atoms with van der Waals surface area (Å²) in [7, 11) is 1.25. The number of rotatable bonds is 4. The Morgan fingerprint density at radius 1 is 1.46 bits per heavy atom. The Bertz CT molecular complexity index is 1160. The Hall–Kier alpha value is -2.32. The van der Waals surface area contributed by atoms with Crippen LogP contribution in [-0.4, -0.2) is 48.3 Å². The summed E-state index contributed by atoms with van der Waals surface area (Å²) in [6, 6.07) is -0.200. The minimum Gasteiger partial charge on any atom is -0.492 e. The number of carboxylic acids is 1. The first-order chi connectivity index (χ1) is 14.4. The zero-order valence-electron chi connectivity index (χ0n) is 19.3. The first kappa shape index (κ1) is 15.6. The van der Waals surface area contributed by atoms with Crippen molar-refractivity contribution >= 4 is 35.0 Å². The minimum absolute atomic E-state index is 0. The zero-order chi connectivity index (χ0) is 22.9. The zero-order valence-corrected chi connectivity index (χ0v) is 16.1. The summed E-state index contributed by atoms with van der Waals surface area (Å²) in [5, 5.41) is 11.8. The summed E-state index contributed by atoms with van der Waals surface area (Å²) in [5.41, 5.74) is -1.50. The summed E-state index contributed by atoms with van der Waals surface area (Å²) in [6.07, 6.45) is 2.69. The van der Waals surface area contributed by atoms with E-state index in [1.807, 2.05) is 0 Å². The third-order valence-corrected chi connectivity index (χ3v) is 4.75. The molecule has 1 aliphatic carbocycles. The first-order valence-electron chi connectivity index (χ1n) is 10.6. The molecule has 1 aliphatic heterocycles. The molecule has 0 bridgehead atoms. The average Bonchev–Trinajstić information content (AvgIpc) is 3.49. The van der Waals surface area contributed by atoms with E-state index in [9.17, 15) is 14.7 Å². The second-order valence-electron chi connectivity index (χ2n) is 6.71. The van der Waals surface area contributed by atoms with Crippen molar-refractivity contribution in [2.45, 2.75) is 31.8 Å². The number of pyridine rings is 1. The van der Waals surface area contributed by atoms with Crippen molar-refractivity contribution in [1.82, 2.24) is 9.88 Å². The molecular weight excluding hydrogens is 389 g/mol. The van der Waals surface area contributed by atoms with Gasteiger partial charge in [0.1, 0.15) is 11.3 Å². The van der Waals surface area contributed by atoms with Crippen LogP contribution in [0.1, 0.15) is 41.6 Å². The fourth-order valence-corrected chi connectivity index (χ4v) is 3.41. The maximum absolute atomic E-state index is 15.4. The quantitative estimate of drug-likeness (QED) is 0.797. The molecule has 0 radical (unpaired) electrons. The lowest BCUT2D eigenvalue weighted by Gasteiger charge is -2.35. The monoisotopic (exact) mass is 415 g/mol. The van der Waals surface area contributed by atoms with E-state index in [1.165, 1.54) is 20.2 Å². The van der Waals surface area contributed by atoms with Gasteiger partial charge >= 0.3 is 5.97 Å². The van der Waals surface area contributed by atoms with Crippen LogP contribution >= 0.6 is 12.4 Å². The number of carbonyl (C=O) groups is 1. The summed E-state index contributed by atoms with van der Waals surface area (Å²) < 4.78 is 55.5. The molecule has 2 aromatic rings. The molecule has 4 rings (SSSR count). The smallest absolute Gasteiger partial charge is 0.341 e. The molecule has 1 saturated carbocycles. The molecule has 1 unspecified atom stereocenters. The van der Waals surface area contributed by atoms with Crippen LogP contribution in [0.5, 0.6) is 5.75 Å². The molecule has 9 heteroatoms. The molecule has 2 heterocycles. The van der Waals surface area contributed by atoms with E-state index in [0.29, 0.717) is 0 Å². The van der Waals surface area contributed by atoms with Crippen molar-refractivity contribution in [2.24, 2.45) is 0 Å². The first-order valence-corrected chi connectivity index (χ1v) is 8.63. The molecule has 2 aliphatic rings. The number of benzene rings is 1. The maximum atomic E-state index is 15.4. The third-order valence-electron chi connectivity index (χ3n) is 4.75. The number of carboxylic acid groups (broad SMARTS) is 1. The van der Waals surface area contributed by atoms with Crippen molar-refractivity contribution in [1.29, 1.82) is 0 Å². The summed E-state index contributed by atoms with van der Waals surface area (Å²) in [5.74, 6) is -2.56. The minimum atomic E-state index is -2.18. The predicted octanol–water partition coefficient (Wildman–Crippen LogP) is 2.40. The molecule has 0 amide bonds. The number of hydrogen-bond acceptors (Lipinski definition) is 5. The number of piperazine rings is 1. The number of halogens is 2. The van der Waals surface area contributed by atoms with Crippen molar-refractivity contribution in [3.63, 3.8) is 0 Å². The van der Waals surface area contributed by atoms with Crippen LogP contribution in [-0.2, 0) is 0 Å². The summed E-state index contributed by atoms with van der Waals surface area (Å²) in [4.78, 5) is 25.3. The molecule has 1 saturated heterocycles. The van der Waals surface area contributed by atoms with Crippen LogP contribution in [0, 0.1) is 5.82 Å². The van der Waals surface area contributed by atoms with Gasteiger partial charge in [-0.3, -0.25) is 4.79 Å². The van der Waals surface area contributed by atoms with Crippen LogP contribution in [0.4, 0.5) is 10.1 Å². The highest BCUT2D eigenvalue weighted by Crippen LogP contribution is 2.43. The molecule has 28 heavy (non-hydrogen) atoms. The van der Waals surface area contributed by atoms with Gasteiger partial charge < -0.3 is 24.6 Å². The number of ether oxygens (including phenoxy) is 1. The van der Waals surface area contributed by atoms with E-state index < -0.39 is 48.4 Å². The van der Waals surface area contributed by atoms with E-state index >= 15 is 4.39 Å². The second-order valence-corrected chi connectivity index (χ2v) is 6.71. The molecule has 152 valence electrons. The lowest BCUT2D eigenvalue weighted by Crippen LogP contribution is -2.49. The lowest BCUT2D eigenvalue weighted by atomic mass is 10.1. The average molecular weight is 416 g/mol. The molecule has 2 fully saturated rings. The fraction of sp³-hybridized carbons (Fsp3) is 0.474. The van der Waals surface area contributed by atoms with Crippen LogP contribution in [0.2, 0.25) is 0 Å². The normalized spacial score (nSPS) is 25.1. The van der Waals surface area contributed by atoms with E-state index in [0.717, 1.165) is 23.8 Å². The van der Waals surface area contributed by atoms with Crippen molar-refractivity contribution in [3.05, 3.63) is 33.9 Å². The van der Waals surface area contributed by atoms with Gasteiger partial charge in [-0.05, 0) is 25.8 Å². The Balaban J connectivity index is 0.00000289. The van der Waals surface area contributed by atoms with Gasteiger partial charge in [0.15, 0.2) is 11.6 Å². The SMILES string of the molecule is Cl.[2H]C1([2H])CN(c2c(F)cc3c(=O)c(C(=O)O)cn(C4CC4)c3c2OC)C([2H])([2H])C(C)N1. The molecule has 1 atom stereocenters. The van der Waals surface area contributed by atoms with Crippen LogP contribution < -0.4 is 20.4 Å². The van der Waals surface area contributed by atoms with E-state index in [-0.39, 0.29) is 40.8 Å². The van der Waals surface area contributed by atoms with Crippen LogP contribution in [0.15, 0.2) is 17.1 Å². The number of aromatic nitrogens is 1. The number of fused-ring (bicyclic) bond motifs is 1. The van der Waals surface area contributed by atoms with Crippen LogP contribution in [0.25, 0.3) is 10.9 Å². The largest absolute Gasteiger partial charge is 0.492 e. The van der Waals surface area contributed by atoms with Crippen LogP contribution in [0.3, 0.4) is 0 Å². The predicted molar refractivity (Wildman–Crippen MR) is 107 cm³/mol. The van der Waals surface area contributed by atoms with Gasteiger partial charge in [0, 0.05) is 40.6 Å². The number of anilines is 1. The summed E-state index contributed by atoms with van der Waals surface area (Å²) in [6.45, 7) is -3.25. The topological polar surface area (TPSA) is 83.8 Å². The van der Waals surface area contributed by atoms with E-state index in [1.54, 1.807) is 4.57 Å². The van der Waals surface area contributed by atoms with Gasteiger partial charge in [-0.2, -0.15) is 0 Å². The van der Waals surface area contributed by atoms with Crippen molar-refractivity contribution < 1.29 is 24.5 Å².